The molecule has 2 aliphatic rings. The summed E-state index contributed by atoms with van der Waals surface area (Å²) in [7, 11) is -1.98. The lowest BCUT2D eigenvalue weighted by Gasteiger charge is -2.35. The lowest BCUT2D eigenvalue weighted by Crippen LogP contribution is -2.48. The van der Waals surface area contributed by atoms with E-state index in [-0.39, 0.29) is 10.8 Å². The van der Waals surface area contributed by atoms with Gasteiger partial charge in [-0.05, 0) is 42.5 Å². The average Bonchev–Trinajstić information content (AvgIpc) is 3.47. The van der Waals surface area contributed by atoms with Gasteiger partial charge in [0, 0.05) is 56.4 Å². The quantitative estimate of drug-likeness (QED) is 0.631. The molecule has 3 heterocycles. The Labute approximate surface area is 192 Å². The Morgan fingerprint density at radius 3 is 2.48 bits per heavy atom. The van der Waals surface area contributed by atoms with Gasteiger partial charge >= 0.3 is 0 Å². The summed E-state index contributed by atoms with van der Waals surface area (Å²) >= 11 is 7.34. The van der Waals surface area contributed by atoms with Crippen LogP contribution in [0.1, 0.15) is 28.1 Å². The van der Waals surface area contributed by atoms with E-state index in [2.05, 4.69) is 4.90 Å². The van der Waals surface area contributed by atoms with Crippen molar-refractivity contribution in [1.82, 2.24) is 14.1 Å². The molecule has 2 aromatic rings. The predicted octanol–water partition coefficient (Wildman–Crippen LogP) is 3.15. The molecule has 1 amide bonds. The van der Waals surface area contributed by atoms with Crippen LogP contribution in [0, 0.1) is 0 Å². The van der Waals surface area contributed by atoms with E-state index in [1.165, 1.54) is 15.6 Å². The third-order valence-corrected chi connectivity index (χ3v) is 9.01. The number of thiophene rings is 1. The van der Waals surface area contributed by atoms with Gasteiger partial charge in [-0.1, -0.05) is 11.6 Å². The standard InChI is InChI=1S/C21H26ClN3O4S2/c1-29-18-5-4-17(22)14-16(18)15-23-9-11-24(12-10-23)21(26)20-19(6-13-30-20)31(27,28)25-7-2-3-8-25/h4-6,13-14H,2-3,7-12,15H2,1H3. The summed E-state index contributed by atoms with van der Waals surface area (Å²) in [6.45, 7) is 4.21. The number of amides is 1. The Morgan fingerprint density at radius 2 is 1.81 bits per heavy atom. The first-order valence-electron chi connectivity index (χ1n) is 10.3. The molecule has 0 N–H and O–H groups in total. The van der Waals surface area contributed by atoms with Gasteiger partial charge in [0.1, 0.15) is 15.5 Å². The molecule has 2 fully saturated rings. The van der Waals surface area contributed by atoms with Crippen LogP contribution in [0.5, 0.6) is 5.75 Å². The second-order valence-corrected chi connectivity index (χ2v) is 11.0. The van der Waals surface area contributed by atoms with E-state index in [1.54, 1.807) is 29.5 Å². The highest BCUT2D eigenvalue weighted by atomic mass is 35.5. The highest BCUT2D eigenvalue weighted by molar-refractivity contribution is 7.89. The van der Waals surface area contributed by atoms with Crippen LogP contribution in [0.3, 0.4) is 0 Å². The van der Waals surface area contributed by atoms with E-state index in [1.807, 2.05) is 12.1 Å². The fourth-order valence-electron chi connectivity index (χ4n) is 4.09. The van der Waals surface area contributed by atoms with Gasteiger partial charge in [0.25, 0.3) is 5.91 Å². The third-order valence-electron chi connectivity index (χ3n) is 5.80. The van der Waals surface area contributed by atoms with Gasteiger partial charge in [0.2, 0.25) is 10.0 Å². The van der Waals surface area contributed by atoms with Crippen LogP contribution in [-0.2, 0) is 16.6 Å². The summed E-state index contributed by atoms with van der Waals surface area (Å²) in [5, 5.41) is 2.35. The molecule has 1 aromatic heterocycles. The van der Waals surface area contributed by atoms with E-state index in [0.29, 0.717) is 55.7 Å². The first kappa shape index (κ1) is 22.5. The molecule has 0 radical (unpaired) electrons. The highest BCUT2D eigenvalue weighted by Gasteiger charge is 2.34. The number of rotatable bonds is 6. The monoisotopic (exact) mass is 483 g/mol. The maximum absolute atomic E-state index is 13.2. The predicted molar refractivity (Wildman–Crippen MR) is 121 cm³/mol. The molecule has 0 bridgehead atoms. The second-order valence-electron chi connectivity index (χ2n) is 7.75. The molecule has 1 aromatic carbocycles. The lowest BCUT2D eigenvalue weighted by molar-refractivity contribution is 0.0628. The summed E-state index contributed by atoms with van der Waals surface area (Å²) in [5.41, 5.74) is 1.01. The number of methoxy groups -OCH3 is 1. The minimum Gasteiger partial charge on any atom is -0.496 e. The first-order valence-corrected chi connectivity index (χ1v) is 13.0. The van der Waals surface area contributed by atoms with Gasteiger partial charge in [-0.3, -0.25) is 9.69 Å². The molecule has 0 unspecified atom stereocenters. The molecular weight excluding hydrogens is 458 g/mol. The van der Waals surface area contributed by atoms with Crippen molar-refractivity contribution < 1.29 is 17.9 Å². The van der Waals surface area contributed by atoms with Crippen molar-refractivity contribution in [2.45, 2.75) is 24.3 Å². The zero-order valence-electron chi connectivity index (χ0n) is 17.4. The molecule has 10 heteroatoms. The minimum atomic E-state index is -3.61. The number of ether oxygens (including phenoxy) is 1. The molecule has 4 rings (SSSR count). The van der Waals surface area contributed by atoms with E-state index in [0.717, 1.165) is 24.2 Å². The largest absolute Gasteiger partial charge is 0.496 e. The maximum atomic E-state index is 13.2. The van der Waals surface area contributed by atoms with Crippen LogP contribution in [0.2, 0.25) is 5.02 Å². The summed E-state index contributed by atoms with van der Waals surface area (Å²) in [5.74, 6) is 0.589. The SMILES string of the molecule is COc1ccc(Cl)cc1CN1CCN(C(=O)c2sccc2S(=O)(=O)N2CCCC2)CC1. The van der Waals surface area contributed by atoms with Gasteiger partial charge in [0.05, 0.1) is 7.11 Å². The molecule has 2 aliphatic heterocycles. The molecule has 0 aliphatic carbocycles. The normalized spacial score (nSPS) is 18.5. The topological polar surface area (TPSA) is 70.2 Å². The van der Waals surface area contributed by atoms with Crippen LogP contribution >= 0.6 is 22.9 Å². The van der Waals surface area contributed by atoms with Gasteiger partial charge in [-0.2, -0.15) is 4.31 Å². The Kier molecular flexibility index (Phi) is 6.88. The summed E-state index contributed by atoms with van der Waals surface area (Å²) in [6.07, 6.45) is 1.73. The molecular formula is C21H26ClN3O4S2. The Balaban J connectivity index is 1.42. The Hall–Kier alpha value is -1.65. The number of nitrogens with zero attached hydrogens (tertiary/aromatic N) is 3. The van der Waals surface area contributed by atoms with Crippen LogP contribution in [0.15, 0.2) is 34.5 Å². The number of carbonyl (C=O) groups excluding carboxylic acids is 1. The Bertz CT molecular complexity index is 1040. The third kappa shape index (κ3) is 4.75. The van der Waals surface area contributed by atoms with Crippen molar-refractivity contribution in [3.63, 3.8) is 0 Å². The van der Waals surface area contributed by atoms with Gasteiger partial charge in [-0.25, -0.2) is 8.42 Å². The zero-order valence-corrected chi connectivity index (χ0v) is 19.8. The van der Waals surface area contributed by atoms with Crippen LogP contribution in [-0.4, -0.2) is 74.8 Å². The number of benzene rings is 1. The van der Waals surface area contributed by atoms with Crippen molar-refractivity contribution in [3.8, 4) is 5.75 Å². The molecule has 2 saturated heterocycles. The molecule has 31 heavy (non-hydrogen) atoms. The fourth-order valence-corrected chi connectivity index (χ4v) is 7.16. The molecule has 168 valence electrons. The van der Waals surface area contributed by atoms with Crippen molar-refractivity contribution in [2.75, 3.05) is 46.4 Å². The smallest absolute Gasteiger partial charge is 0.265 e. The molecule has 0 saturated carbocycles. The van der Waals surface area contributed by atoms with E-state index in [4.69, 9.17) is 16.3 Å². The Morgan fingerprint density at radius 1 is 1.10 bits per heavy atom. The number of hydrogen-bond donors (Lipinski definition) is 0. The van der Waals surface area contributed by atoms with E-state index in [9.17, 15) is 13.2 Å². The molecule has 7 nitrogen and oxygen atoms in total. The van der Waals surface area contributed by atoms with E-state index < -0.39 is 10.0 Å². The number of sulfonamides is 1. The van der Waals surface area contributed by atoms with Crippen LogP contribution in [0.25, 0.3) is 0 Å². The number of piperazine rings is 1. The van der Waals surface area contributed by atoms with Crippen molar-refractivity contribution in [2.24, 2.45) is 0 Å². The number of carbonyl (C=O) groups is 1. The van der Waals surface area contributed by atoms with Crippen molar-refractivity contribution in [1.29, 1.82) is 0 Å². The summed E-state index contributed by atoms with van der Waals surface area (Å²) in [4.78, 5) is 17.6. The number of hydrogen-bond acceptors (Lipinski definition) is 6. The van der Waals surface area contributed by atoms with Crippen LogP contribution < -0.4 is 4.74 Å². The van der Waals surface area contributed by atoms with Crippen molar-refractivity contribution in [3.05, 3.63) is 45.1 Å². The molecule has 0 spiro atoms. The van der Waals surface area contributed by atoms with Crippen LogP contribution in [0.4, 0.5) is 0 Å². The van der Waals surface area contributed by atoms with Crippen molar-refractivity contribution >= 4 is 38.9 Å². The summed E-state index contributed by atoms with van der Waals surface area (Å²) in [6, 6.07) is 7.12. The summed E-state index contributed by atoms with van der Waals surface area (Å²) < 4.78 is 32.9. The van der Waals surface area contributed by atoms with Gasteiger partial charge < -0.3 is 9.64 Å². The second kappa shape index (κ2) is 9.46. The maximum Gasteiger partial charge on any atom is 0.265 e. The fraction of sp³-hybridized carbons (Fsp3) is 0.476. The lowest BCUT2D eigenvalue weighted by atomic mass is 10.1. The minimum absolute atomic E-state index is 0.149. The molecule has 0 atom stereocenters. The first-order chi connectivity index (χ1) is 14.9. The highest BCUT2D eigenvalue weighted by Crippen LogP contribution is 2.29. The van der Waals surface area contributed by atoms with E-state index >= 15 is 0 Å². The number of halogens is 1. The van der Waals surface area contributed by atoms with Gasteiger partial charge in [-0.15, -0.1) is 11.3 Å². The average molecular weight is 484 g/mol. The zero-order chi connectivity index (χ0) is 22.0. The van der Waals surface area contributed by atoms with Gasteiger partial charge in [0.15, 0.2) is 0 Å².